The second kappa shape index (κ2) is 10.6. The minimum atomic E-state index is -0.657. The molecule has 1 aliphatic rings. The van der Waals surface area contributed by atoms with Crippen molar-refractivity contribution in [2.24, 2.45) is 0 Å². The Hall–Kier alpha value is -3.34. The van der Waals surface area contributed by atoms with Crippen LogP contribution in [-0.4, -0.2) is 61.1 Å². The molecule has 1 fully saturated rings. The molecule has 3 rings (SSSR count). The SMILES string of the molecule is CCOC(=O)N1CCC(NC(=O)COC(=O)c2ccc(NC(=O)c3ccco3)s2)CC1. The highest BCUT2D eigenvalue weighted by molar-refractivity contribution is 7.18. The molecule has 2 N–H and O–H groups in total. The minimum absolute atomic E-state index is 0.0953. The summed E-state index contributed by atoms with van der Waals surface area (Å²) in [5.74, 6) is -1.34. The van der Waals surface area contributed by atoms with Gasteiger partial charge in [-0.25, -0.2) is 9.59 Å². The number of hydrogen-bond acceptors (Lipinski definition) is 8. The number of carbonyl (C=O) groups is 4. The molecule has 166 valence electrons. The van der Waals surface area contributed by atoms with E-state index < -0.39 is 24.4 Å². The summed E-state index contributed by atoms with van der Waals surface area (Å²) in [7, 11) is 0. The largest absolute Gasteiger partial charge is 0.459 e. The van der Waals surface area contributed by atoms with Gasteiger partial charge in [-0.2, -0.15) is 0 Å². The van der Waals surface area contributed by atoms with Crippen LogP contribution in [0.5, 0.6) is 0 Å². The average Bonchev–Trinajstić information content (AvgIpc) is 3.45. The number of rotatable bonds is 7. The zero-order chi connectivity index (χ0) is 22.2. The van der Waals surface area contributed by atoms with E-state index in [1.807, 2.05) is 0 Å². The van der Waals surface area contributed by atoms with Crippen LogP contribution in [0, 0.1) is 0 Å². The first-order valence-electron chi connectivity index (χ1n) is 9.79. The fraction of sp³-hybridized carbons (Fsp3) is 0.400. The van der Waals surface area contributed by atoms with Crippen molar-refractivity contribution in [3.63, 3.8) is 0 Å². The molecule has 0 bridgehead atoms. The fourth-order valence-corrected chi connectivity index (χ4v) is 3.78. The maximum absolute atomic E-state index is 12.2. The first kappa shape index (κ1) is 22.3. The Morgan fingerprint density at radius 1 is 1.16 bits per heavy atom. The average molecular weight is 449 g/mol. The monoisotopic (exact) mass is 449 g/mol. The Balaban J connectivity index is 1.39. The van der Waals surface area contributed by atoms with Crippen molar-refractivity contribution >= 4 is 40.2 Å². The number of ether oxygens (including phenoxy) is 2. The molecule has 0 aromatic carbocycles. The summed E-state index contributed by atoms with van der Waals surface area (Å²) < 4.78 is 15.0. The third-order valence-electron chi connectivity index (χ3n) is 4.51. The minimum Gasteiger partial charge on any atom is -0.459 e. The van der Waals surface area contributed by atoms with Gasteiger partial charge in [-0.05, 0) is 44.0 Å². The van der Waals surface area contributed by atoms with Gasteiger partial charge < -0.3 is 29.4 Å². The molecule has 3 amide bonds. The molecule has 0 saturated carbocycles. The summed E-state index contributed by atoms with van der Waals surface area (Å²) in [6, 6.07) is 6.10. The van der Waals surface area contributed by atoms with Gasteiger partial charge in [-0.1, -0.05) is 0 Å². The normalized spacial score (nSPS) is 14.0. The fourth-order valence-electron chi connectivity index (χ4n) is 2.99. The molecule has 11 heteroatoms. The van der Waals surface area contributed by atoms with Crippen LogP contribution in [0.15, 0.2) is 34.9 Å². The van der Waals surface area contributed by atoms with Crippen LogP contribution >= 0.6 is 11.3 Å². The Morgan fingerprint density at radius 2 is 1.94 bits per heavy atom. The highest BCUT2D eigenvalue weighted by Gasteiger charge is 2.25. The third-order valence-corrected chi connectivity index (χ3v) is 5.49. The molecule has 2 aromatic heterocycles. The molecule has 0 aliphatic carbocycles. The van der Waals surface area contributed by atoms with E-state index in [1.54, 1.807) is 24.0 Å². The van der Waals surface area contributed by atoms with Crippen molar-refractivity contribution in [3.05, 3.63) is 41.2 Å². The lowest BCUT2D eigenvalue weighted by Crippen LogP contribution is -2.47. The highest BCUT2D eigenvalue weighted by atomic mass is 32.1. The van der Waals surface area contributed by atoms with E-state index in [2.05, 4.69) is 10.6 Å². The smallest absolute Gasteiger partial charge is 0.409 e. The molecule has 0 atom stereocenters. The van der Waals surface area contributed by atoms with Gasteiger partial charge in [-0.3, -0.25) is 9.59 Å². The van der Waals surface area contributed by atoms with Gasteiger partial charge in [-0.15, -0.1) is 11.3 Å². The lowest BCUT2D eigenvalue weighted by Gasteiger charge is -2.31. The summed E-state index contributed by atoms with van der Waals surface area (Å²) in [6.45, 7) is 2.64. The number of piperidine rings is 1. The third kappa shape index (κ3) is 6.32. The van der Waals surface area contributed by atoms with Crippen LogP contribution in [0.2, 0.25) is 0 Å². The van der Waals surface area contributed by atoms with Crippen molar-refractivity contribution in [2.45, 2.75) is 25.8 Å². The summed E-state index contributed by atoms with van der Waals surface area (Å²) in [4.78, 5) is 49.8. The van der Waals surface area contributed by atoms with Crippen LogP contribution in [0.4, 0.5) is 9.80 Å². The van der Waals surface area contributed by atoms with Gasteiger partial charge in [0.25, 0.3) is 11.8 Å². The lowest BCUT2D eigenvalue weighted by atomic mass is 10.1. The summed E-state index contributed by atoms with van der Waals surface area (Å²) >= 11 is 1.03. The number of likely N-dealkylation sites (tertiary alicyclic amines) is 1. The van der Waals surface area contributed by atoms with Crippen LogP contribution in [0.3, 0.4) is 0 Å². The first-order chi connectivity index (χ1) is 15.0. The van der Waals surface area contributed by atoms with Gasteiger partial charge in [0.2, 0.25) is 0 Å². The molecule has 0 spiro atoms. The number of thiophene rings is 1. The quantitative estimate of drug-likeness (QED) is 0.622. The molecule has 2 aromatic rings. The summed E-state index contributed by atoms with van der Waals surface area (Å²) in [5.41, 5.74) is 0. The van der Waals surface area contributed by atoms with Crippen LogP contribution in [0.1, 0.15) is 40.0 Å². The maximum atomic E-state index is 12.2. The van der Waals surface area contributed by atoms with E-state index in [9.17, 15) is 19.2 Å². The number of amides is 3. The summed E-state index contributed by atoms with van der Waals surface area (Å²) in [5, 5.41) is 5.88. The topological polar surface area (TPSA) is 127 Å². The second-order valence-corrected chi connectivity index (χ2v) is 7.78. The summed E-state index contributed by atoms with van der Waals surface area (Å²) in [6.07, 6.45) is 2.24. The van der Waals surface area contributed by atoms with Crippen molar-refractivity contribution in [3.8, 4) is 0 Å². The van der Waals surface area contributed by atoms with E-state index in [0.717, 1.165) is 11.3 Å². The van der Waals surface area contributed by atoms with E-state index in [0.29, 0.717) is 37.5 Å². The van der Waals surface area contributed by atoms with E-state index in [1.165, 1.54) is 18.4 Å². The van der Waals surface area contributed by atoms with Gasteiger partial charge in [0.05, 0.1) is 17.9 Å². The molecule has 0 unspecified atom stereocenters. The second-order valence-electron chi connectivity index (χ2n) is 6.70. The van der Waals surface area contributed by atoms with Crippen LogP contribution in [0.25, 0.3) is 0 Å². The number of nitrogens with zero attached hydrogens (tertiary/aromatic N) is 1. The molecule has 1 aliphatic heterocycles. The number of furan rings is 1. The van der Waals surface area contributed by atoms with Crippen molar-refractivity contribution in [1.82, 2.24) is 10.2 Å². The number of carbonyl (C=O) groups excluding carboxylic acids is 4. The standard InChI is InChI=1S/C20H23N3O7S/c1-2-28-20(27)23-9-7-13(8-10-23)21-16(24)12-30-19(26)15-5-6-17(31-15)22-18(25)14-4-3-11-29-14/h3-6,11,13H,2,7-10,12H2,1H3,(H,21,24)(H,22,25). The first-order valence-corrected chi connectivity index (χ1v) is 10.6. The molecule has 1 saturated heterocycles. The van der Waals surface area contributed by atoms with E-state index >= 15 is 0 Å². The van der Waals surface area contributed by atoms with Crippen LogP contribution in [-0.2, 0) is 14.3 Å². The molecule has 3 heterocycles. The molecular weight excluding hydrogens is 426 g/mol. The Bertz CT molecular complexity index is 917. The van der Waals surface area contributed by atoms with Crippen molar-refractivity contribution in [2.75, 3.05) is 31.6 Å². The Morgan fingerprint density at radius 3 is 2.61 bits per heavy atom. The number of nitrogens with one attached hydrogen (secondary N) is 2. The molecular formula is C20H23N3O7S. The zero-order valence-electron chi connectivity index (χ0n) is 16.9. The van der Waals surface area contributed by atoms with Gasteiger partial charge in [0, 0.05) is 19.1 Å². The predicted octanol–water partition coefficient (Wildman–Crippen LogP) is 2.49. The maximum Gasteiger partial charge on any atom is 0.409 e. The number of esters is 1. The van der Waals surface area contributed by atoms with Crippen LogP contribution < -0.4 is 10.6 Å². The predicted molar refractivity (Wildman–Crippen MR) is 111 cm³/mol. The highest BCUT2D eigenvalue weighted by Crippen LogP contribution is 2.23. The number of hydrogen-bond donors (Lipinski definition) is 2. The van der Waals surface area contributed by atoms with Crippen molar-refractivity contribution < 1.29 is 33.1 Å². The lowest BCUT2D eigenvalue weighted by molar-refractivity contribution is -0.125. The van der Waals surface area contributed by atoms with Crippen molar-refractivity contribution in [1.29, 1.82) is 0 Å². The zero-order valence-corrected chi connectivity index (χ0v) is 17.7. The Kier molecular flexibility index (Phi) is 7.65. The molecule has 31 heavy (non-hydrogen) atoms. The molecule has 0 radical (unpaired) electrons. The Labute approximate surface area is 182 Å². The van der Waals surface area contributed by atoms with E-state index in [-0.39, 0.29) is 22.8 Å². The van der Waals surface area contributed by atoms with Gasteiger partial charge >= 0.3 is 12.1 Å². The van der Waals surface area contributed by atoms with Gasteiger partial charge in [0.1, 0.15) is 4.88 Å². The van der Waals surface area contributed by atoms with Gasteiger partial charge in [0.15, 0.2) is 12.4 Å². The number of anilines is 1. The molecule has 10 nitrogen and oxygen atoms in total. The van der Waals surface area contributed by atoms with E-state index in [4.69, 9.17) is 13.9 Å².